The number of anilines is 1. The Morgan fingerprint density at radius 1 is 1.06 bits per heavy atom. The second-order valence-electron chi connectivity index (χ2n) is 7.74. The number of carbonyl (C=O) groups is 2. The summed E-state index contributed by atoms with van der Waals surface area (Å²) in [4.78, 5) is 28.9. The maximum absolute atomic E-state index is 13.4. The minimum Gasteiger partial charge on any atom is -0.332 e. The van der Waals surface area contributed by atoms with Crippen LogP contribution in [0, 0.1) is 17.1 Å². The van der Waals surface area contributed by atoms with E-state index in [1.165, 1.54) is 34.6 Å². The molecule has 1 aliphatic rings. The molecular formula is C24H23FN6O2. The molecule has 1 N–H and O–H groups in total. The van der Waals surface area contributed by atoms with Crippen LogP contribution in [0.5, 0.6) is 0 Å². The fourth-order valence-corrected chi connectivity index (χ4v) is 3.74. The fraction of sp³-hybridized carbons (Fsp3) is 0.250. The summed E-state index contributed by atoms with van der Waals surface area (Å²) in [5.41, 5.74) is 1.76. The molecule has 0 saturated carbocycles. The van der Waals surface area contributed by atoms with Gasteiger partial charge in [0.1, 0.15) is 11.9 Å². The molecule has 0 unspecified atom stereocenters. The number of hydrogen-bond donors (Lipinski definition) is 1. The zero-order chi connectivity index (χ0) is 23.2. The van der Waals surface area contributed by atoms with Crippen LogP contribution < -0.4 is 5.32 Å². The van der Waals surface area contributed by atoms with Crippen molar-refractivity contribution in [2.45, 2.75) is 6.42 Å². The summed E-state index contributed by atoms with van der Waals surface area (Å²) in [7, 11) is 0. The van der Waals surface area contributed by atoms with Gasteiger partial charge in [-0.25, -0.2) is 9.07 Å². The average Bonchev–Trinajstić information content (AvgIpc) is 3.31. The molecule has 9 heteroatoms. The Hall–Kier alpha value is -4.03. The predicted octanol–water partition coefficient (Wildman–Crippen LogP) is 2.21. The van der Waals surface area contributed by atoms with Gasteiger partial charge in [-0.05, 0) is 30.2 Å². The Balaban J connectivity index is 1.29. The molecule has 1 fully saturated rings. The number of aromatic nitrogens is 2. The van der Waals surface area contributed by atoms with Gasteiger partial charge in [0, 0.05) is 45.0 Å². The smallest absolute Gasteiger partial charge is 0.315 e. The minimum absolute atomic E-state index is 0.109. The third kappa shape index (κ3) is 5.42. The van der Waals surface area contributed by atoms with E-state index in [0.717, 1.165) is 19.0 Å². The van der Waals surface area contributed by atoms with Gasteiger partial charge in [-0.2, -0.15) is 5.26 Å². The lowest BCUT2D eigenvalue weighted by Gasteiger charge is -2.34. The highest BCUT2D eigenvalue weighted by atomic mass is 19.1. The maximum atomic E-state index is 13.4. The molecule has 168 valence electrons. The zero-order valence-electron chi connectivity index (χ0n) is 17.9. The Morgan fingerprint density at radius 3 is 2.55 bits per heavy atom. The first-order valence-corrected chi connectivity index (χ1v) is 10.7. The van der Waals surface area contributed by atoms with E-state index in [0.29, 0.717) is 31.9 Å². The summed E-state index contributed by atoms with van der Waals surface area (Å²) in [5.74, 6) is -1.73. The predicted molar refractivity (Wildman–Crippen MR) is 120 cm³/mol. The van der Waals surface area contributed by atoms with Crippen LogP contribution in [0.1, 0.15) is 11.1 Å². The van der Waals surface area contributed by atoms with Gasteiger partial charge in [0.15, 0.2) is 5.82 Å². The van der Waals surface area contributed by atoms with Gasteiger partial charge in [-0.15, -0.1) is 5.10 Å². The topological polar surface area (TPSA) is 94.3 Å². The Bertz CT molecular complexity index is 1180. The number of carbonyl (C=O) groups excluding carboxylic acids is 2. The first-order chi connectivity index (χ1) is 16.0. The molecule has 3 aromatic rings. The third-order valence-electron chi connectivity index (χ3n) is 5.57. The molecule has 0 bridgehead atoms. The summed E-state index contributed by atoms with van der Waals surface area (Å²) in [6.07, 6.45) is 2.47. The molecule has 0 radical (unpaired) electrons. The number of nitrogens with one attached hydrogen (secondary N) is 1. The van der Waals surface area contributed by atoms with Crippen LogP contribution in [0.2, 0.25) is 0 Å². The molecular weight excluding hydrogens is 423 g/mol. The summed E-state index contributed by atoms with van der Waals surface area (Å²) in [6, 6.07) is 17.4. The lowest BCUT2D eigenvalue weighted by atomic mass is 10.1. The quantitative estimate of drug-likeness (QED) is 0.607. The van der Waals surface area contributed by atoms with Crippen molar-refractivity contribution in [3.05, 3.63) is 77.7 Å². The van der Waals surface area contributed by atoms with Crippen LogP contribution >= 0.6 is 0 Å². The summed E-state index contributed by atoms with van der Waals surface area (Å²) < 4.78 is 14.7. The van der Waals surface area contributed by atoms with Gasteiger partial charge < -0.3 is 10.2 Å². The van der Waals surface area contributed by atoms with Gasteiger partial charge in [0.2, 0.25) is 0 Å². The Labute approximate surface area is 190 Å². The molecule has 0 atom stereocenters. The van der Waals surface area contributed by atoms with E-state index in [1.807, 2.05) is 24.3 Å². The second-order valence-corrected chi connectivity index (χ2v) is 7.74. The Kier molecular flexibility index (Phi) is 6.76. The normalized spacial score (nSPS) is 14.0. The van der Waals surface area contributed by atoms with Gasteiger partial charge in [-0.3, -0.25) is 14.5 Å². The zero-order valence-corrected chi connectivity index (χ0v) is 17.9. The van der Waals surface area contributed by atoms with E-state index in [9.17, 15) is 19.2 Å². The molecule has 2 amide bonds. The van der Waals surface area contributed by atoms with Gasteiger partial charge in [0.05, 0.1) is 11.3 Å². The maximum Gasteiger partial charge on any atom is 0.315 e. The van der Waals surface area contributed by atoms with Crippen molar-refractivity contribution in [1.82, 2.24) is 19.6 Å². The highest BCUT2D eigenvalue weighted by molar-refractivity contribution is 6.39. The summed E-state index contributed by atoms with van der Waals surface area (Å²) in [5, 5.41) is 15.9. The SMILES string of the molecule is N#Cc1cc(F)ccc1-n1ccc(NC(=O)C(=O)N2CCN(CCc3ccccc3)CC2)n1. The van der Waals surface area contributed by atoms with E-state index < -0.39 is 17.6 Å². The molecule has 0 aliphatic carbocycles. The Morgan fingerprint density at radius 2 is 1.82 bits per heavy atom. The third-order valence-corrected chi connectivity index (χ3v) is 5.57. The van der Waals surface area contributed by atoms with Crippen molar-refractivity contribution in [3.8, 4) is 11.8 Å². The lowest BCUT2D eigenvalue weighted by molar-refractivity contribution is -0.144. The van der Waals surface area contributed by atoms with Crippen LogP contribution in [-0.2, 0) is 16.0 Å². The molecule has 4 rings (SSSR count). The average molecular weight is 446 g/mol. The number of rotatable bonds is 5. The molecule has 0 spiro atoms. The highest BCUT2D eigenvalue weighted by Gasteiger charge is 2.26. The van der Waals surface area contributed by atoms with Crippen LogP contribution in [-0.4, -0.2) is 64.1 Å². The number of halogens is 1. The van der Waals surface area contributed by atoms with Crippen LogP contribution in [0.4, 0.5) is 10.2 Å². The second kappa shape index (κ2) is 10.1. The van der Waals surface area contributed by atoms with Crippen LogP contribution in [0.3, 0.4) is 0 Å². The van der Waals surface area contributed by atoms with E-state index >= 15 is 0 Å². The molecule has 8 nitrogen and oxygen atoms in total. The van der Waals surface area contributed by atoms with E-state index in [2.05, 4.69) is 27.4 Å². The van der Waals surface area contributed by atoms with Crippen molar-refractivity contribution in [3.63, 3.8) is 0 Å². The number of amides is 2. The van der Waals surface area contributed by atoms with Crippen molar-refractivity contribution >= 4 is 17.6 Å². The standard InChI is InChI=1S/C24H23FN6O2/c25-20-6-7-21(19(16-20)17-26)31-11-9-22(28-31)27-23(32)24(33)30-14-12-29(13-15-30)10-8-18-4-2-1-3-5-18/h1-7,9,11,16H,8,10,12-15H2,(H,27,28,32). The molecule has 2 heterocycles. The largest absolute Gasteiger partial charge is 0.332 e. The molecule has 1 aliphatic heterocycles. The van der Waals surface area contributed by atoms with Crippen LogP contribution in [0.25, 0.3) is 5.69 Å². The van der Waals surface area contributed by atoms with Crippen molar-refractivity contribution in [2.75, 3.05) is 38.0 Å². The number of hydrogen-bond acceptors (Lipinski definition) is 5. The number of nitrogens with zero attached hydrogens (tertiary/aromatic N) is 5. The number of benzene rings is 2. The highest BCUT2D eigenvalue weighted by Crippen LogP contribution is 2.16. The molecule has 1 saturated heterocycles. The fourth-order valence-electron chi connectivity index (χ4n) is 3.74. The van der Waals surface area contributed by atoms with Crippen molar-refractivity contribution < 1.29 is 14.0 Å². The lowest BCUT2D eigenvalue weighted by Crippen LogP contribution is -2.51. The van der Waals surface area contributed by atoms with Crippen LogP contribution in [0.15, 0.2) is 60.8 Å². The van der Waals surface area contributed by atoms with E-state index in [1.54, 1.807) is 4.90 Å². The van der Waals surface area contributed by atoms with Gasteiger partial charge in [0.25, 0.3) is 0 Å². The number of nitriles is 1. The molecule has 1 aromatic heterocycles. The summed E-state index contributed by atoms with van der Waals surface area (Å²) in [6.45, 7) is 3.29. The monoisotopic (exact) mass is 446 g/mol. The van der Waals surface area contributed by atoms with Gasteiger partial charge >= 0.3 is 11.8 Å². The first-order valence-electron chi connectivity index (χ1n) is 10.7. The molecule has 2 aromatic carbocycles. The number of piperazine rings is 1. The van der Waals surface area contributed by atoms with E-state index in [-0.39, 0.29) is 11.4 Å². The van der Waals surface area contributed by atoms with Gasteiger partial charge in [-0.1, -0.05) is 30.3 Å². The van der Waals surface area contributed by atoms with E-state index in [4.69, 9.17) is 0 Å². The first kappa shape index (κ1) is 22.2. The van der Waals surface area contributed by atoms with Crippen molar-refractivity contribution in [1.29, 1.82) is 5.26 Å². The minimum atomic E-state index is -0.766. The summed E-state index contributed by atoms with van der Waals surface area (Å²) >= 11 is 0. The molecule has 33 heavy (non-hydrogen) atoms. The van der Waals surface area contributed by atoms with Crippen molar-refractivity contribution in [2.24, 2.45) is 0 Å².